The van der Waals surface area contributed by atoms with E-state index in [0.717, 1.165) is 19.4 Å². The van der Waals surface area contributed by atoms with E-state index in [2.05, 4.69) is 0 Å². The van der Waals surface area contributed by atoms with Gasteiger partial charge in [-0.05, 0) is 12.8 Å². The van der Waals surface area contributed by atoms with Gasteiger partial charge >= 0.3 is 6.03 Å². The number of nitrogens with zero attached hydrogens (tertiary/aromatic N) is 1. The van der Waals surface area contributed by atoms with Crippen LogP contribution < -0.4 is 5.73 Å². The lowest BCUT2D eigenvalue weighted by molar-refractivity contribution is 0.0888. The number of carbonyl (C=O) groups excluding carboxylic acids is 1. The van der Waals surface area contributed by atoms with Crippen molar-refractivity contribution in [2.75, 3.05) is 20.2 Å². The maximum Gasteiger partial charge on any atom is 0.314 e. The van der Waals surface area contributed by atoms with Gasteiger partial charge in [0.05, 0.1) is 6.10 Å². The Bertz CT molecular complexity index is 143. The van der Waals surface area contributed by atoms with Gasteiger partial charge in [0, 0.05) is 20.2 Å². The smallest absolute Gasteiger partial charge is 0.314 e. The molecular weight excluding hydrogens is 144 g/mol. The fourth-order valence-electron chi connectivity index (χ4n) is 1.18. The van der Waals surface area contributed by atoms with Gasteiger partial charge in [0.15, 0.2) is 0 Å². The number of urea groups is 1. The molecule has 1 atom stereocenters. The Morgan fingerprint density at radius 2 is 2.55 bits per heavy atom. The summed E-state index contributed by atoms with van der Waals surface area (Å²) in [7, 11) is 1.68. The molecule has 1 aliphatic rings. The Hall–Kier alpha value is -0.770. The van der Waals surface area contributed by atoms with Crippen molar-refractivity contribution in [3.8, 4) is 0 Å². The number of hydrogen-bond donors (Lipinski definition) is 1. The molecule has 2 amide bonds. The molecule has 1 aliphatic heterocycles. The Morgan fingerprint density at radius 3 is 3.00 bits per heavy atom. The fourth-order valence-corrected chi connectivity index (χ4v) is 1.18. The molecular formula is C7H14N2O2. The molecule has 1 saturated heterocycles. The zero-order chi connectivity index (χ0) is 8.27. The summed E-state index contributed by atoms with van der Waals surface area (Å²) in [5, 5.41) is 0. The van der Waals surface area contributed by atoms with Crippen LogP contribution in [0.2, 0.25) is 0 Å². The van der Waals surface area contributed by atoms with Crippen molar-refractivity contribution in [3.05, 3.63) is 0 Å². The third kappa shape index (κ3) is 2.38. The molecule has 1 rings (SSSR count). The van der Waals surface area contributed by atoms with Crippen LogP contribution in [0.25, 0.3) is 0 Å². The molecule has 2 N–H and O–H groups in total. The van der Waals surface area contributed by atoms with E-state index in [1.165, 1.54) is 4.90 Å². The maximum atomic E-state index is 10.6. The first-order valence-corrected chi connectivity index (χ1v) is 3.82. The van der Waals surface area contributed by atoms with E-state index in [9.17, 15) is 4.79 Å². The molecule has 0 radical (unpaired) electrons. The summed E-state index contributed by atoms with van der Waals surface area (Å²) < 4.78 is 5.32. The highest BCUT2D eigenvalue weighted by Crippen LogP contribution is 2.12. The van der Waals surface area contributed by atoms with Crippen LogP contribution in [0.3, 0.4) is 0 Å². The van der Waals surface area contributed by atoms with Crippen molar-refractivity contribution in [1.82, 2.24) is 4.90 Å². The highest BCUT2D eigenvalue weighted by Gasteiger charge is 2.18. The second kappa shape index (κ2) is 3.57. The van der Waals surface area contributed by atoms with Crippen LogP contribution in [0.15, 0.2) is 0 Å². The summed E-state index contributed by atoms with van der Waals surface area (Å²) in [5.74, 6) is 0. The Kier molecular flexibility index (Phi) is 2.70. The van der Waals surface area contributed by atoms with Gasteiger partial charge in [-0.3, -0.25) is 0 Å². The molecule has 0 spiro atoms. The molecule has 1 unspecified atom stereocenters. The Balaban J connectivity index is 2.23. The van der Waals surface area contributed by atoms with Crippen LogP contribution in [-0.2, 0) is 4.74 Å². The van der Waals surface area contributed by atoms with Gasteiger partial charge in [-0.2, -0.15) is 0 Å². The summed E-state index contributed by atoms with van der Waals surface area (Å²) in [6.45, 7) is 1.44. The summed E-state index contributed by atoms with van der Waals surface area (Å²) in [6.07, 6.45) is 2.34. The third-order valence-electron chi connectivity index (χ3n) is 1.88. The zero-order valence-electron chi connectivity index (χ0n) is 6.75. The monoisotopic (exact) mass is 158 g/mol. The predicted molar refractivity (Wildman–Crippen MR) is 41.2 cm³/mol. The molecule has 1 heterocycles. The second-order valence-electron chi connectivity index (χ2n) is 2.85. The largest absolute Gasteiger partial charge is 0.376 e. The zero-order valence-corrected chi connectivity index (χ0v) is 6.75. The minimum Gasteiger partial charge on any atom is -0.376 e. The van der Waals surface area contributed by atoms with Crippen molar-refractivity contribution < 1.29 is 9.53 Å². The minimum atomic E-state index is -0.388. The Morgan fingerprint density at radius 1 is 1.82 bits per heavy atom. The van der Waals surface area contributed by atoms with Crippen molar-refractivity contribution in [1.29, 1.82) is 0 Å². The van der Waals surface area contributed by atoms with Crippen LogP contribution >= 0.6 is 0 Å². The van der Waals surface area contributed by atoms with Crippen LogP contribution in [0, 0.1) is 0 Å². The third-order valence-corrected chi connectivity index (χ3v) is 1.88. The number of ether oxygens (including phenoxy) is 1. The number of likely N-dealkylation sites (N-methyl/N-ethyl adjacent to an activating group) is 1. The molecule has 0 aromatic heterocycles. The van der Waals surface area contributed by atoms with E-state index < -0.39 is 0 Å². The maximum absolute atomic E-state index is 10.6. The average molecular weight is 158 g/mol. The van der Waals surface area contributed by atoms with Crippen molar-refractivity contribution in [2.45, 2.75) is 18.9 Å². The average Bonchev–Trinajstić information content (AvgIpc) is 2.39. The lowest BCUT2D eigenvalue weighted by Crippen LogP contribution is -2.37. The molecule has 0 aromatic carbocycles. The lowest BCUT2D eigenvalue weighted by atomic mass is 10.2. The Labute approximate surface area is 66.3 Å². The molecule has 0 saturated carbocycles. The van der Waals surface area contributed by atoms with E-state index in [1.54, 1.807) is 7.05 Å². The number of carbonyl (C=O) groups is 1. The molecule has 4 nitrogen and oxygen atoms in total. The fraction of sp³-hybridized carbons (Fsp3) is 0.857. The molecule has 11 heavy (non-hydrogen) atoms. The standard InChI is InChI=1S/C7H14N2O2/c1-9(7(8)10)5-6-3-2-4-11-6/h6H,2-5H2,1H3,(H2,8,10). The quantitative estimate of drug-likeness (QED) is 0.623. The van der Waals surface area contributed by atoms with E-state index in [-0.39, 0.29) is 12.1 Å². The van der Waals surface area contributed by atoms with Gasteiger partial charge in [0.2, 0.25) is 0 Å². The number of rotatable bonds is 2. The van der Waals surface area contributed by atoms with E-state index in [1.807, 2.05) is 0 Å². The topological polar surface area (TPSA) is 55.6 Å². The molecule has 1 fully saturated rings. The first kappa shape index (κ1) is 8.33. The summed E-state index contributed by atoms with van der Waals surface area (Å²) in [4.78, 5) is 12.1. The van der Waals surface area contributed by atoms with E-state index in [0.29, 0.717) is 6.54 Å². The van der Waals surface area contributed by atoms with Gasteiger partial charge < -0.3 is 15.4 Å². The molecule has 64 valence electrons. The normalized spacial score (nSPS) is 23.5. The van der Waals surface area contributed by atoms with Crippen molar-refractivity contribution in [3.63, 3.8) is 0 Å². The predicted octanol–water partition coefficient (Wildman–Crippen LogP) is 0.176. The van der Waals surface area contributed by atoms with Gasteiger partial charge in [-0.1, -0.05) is 0 Å². The lowest BCUT2D eigenvalue weighted by Gasteiger charge is -2.17. The number of nitrogens with two attached hydrogens (primary N) is 1. The second-order valence-corrected chi connectivity index (χ2v) is 2.85. The highest BCUT2D eigenvalue weighted by molar-refractivity contribution is 5.71. The first-order chi connectivity index (χ1) is 5.20. The van der Waals surface area contributed by atoms with Crippen LogP contribution in [0.5, 0.6) is 0 Å². The van der Waals surface area contributed by atoms with Crippen molar-refractivity contribution >= 4 is 6.03 Å². The summed E-state index contributed by atoms with van der Waals surface area (Å²) >= 11 is 0. The number of hydrogen-bond acceptors (Lipinski definition) is 2. The van der Waals surface area contributed by atoms with Crippen LogP contribution in [0.1, 0.15) is 12.8 Å². The molecule has 0 aromatic rings. The van der Waals surface area contributed by atoms with Gasteiger partial charge in [0.25, 0.3) is 0 Å². The molecule has 0 aliphatic carbocycles. The SMILES string of the molecule is CN(CC1CCCO1)C(N)=O. The van der Waals surface area contributed by atoms with Crippen molar-refractivity contribution in [2.24, 2.45) is 5.73 Å². The van der Waals surface area contributed by atoms with Gasteiger partial charge in [0.1, 0.15) is 0 Å². The molecule has 4 heteroatoms. The van der Waals surface area contributed by atoms with Crippen LogP contribution in [-0.4, -0.2) is 37.2 Å². The summed E-state index contributed by atoms with van der Waals surface area (Å²) in [6, 6.07) is -0.388. The van der Waals surface area contributed by atoms with Gasteiger partial charge in [-0.25, -0.2) is 4.79 Å². The van der Waals surface area contributed by atoms with E-state index >= 15 is 0 Å². The van der Waals surface area contributed by atoms with Crippen LogP contribution in [0.4, 0.5) is 4.79 Å². The number of primary amides is 1. The van der Waals surface area contributed by atoms with Gasteiger partial charge in [-0.15, -0.1) is 0 Å². The molecule has 0 bridgehead atoms. The highest BCUT2D eigenvalue weighted by atomic mass is 16.5. The summed E-state index contributed by atoms with van der Waals surface area (Å²) in [5.41, 5.74) is 5.05. The van der Waals surface area contributed by atoms with E-state index in [4.69, 9.17) is 10.5 Å². The first-order valence-electron chi connectivity index (χ1n) is 3.82. The number of amides is 2. The minimum absolute atomic E-state index is 0.201.